The van der Waals surface area contributed by atoms with Gasteiger partial charge in [-0.3, -0.25) is 9.59 Å². The smallest absolute Gasteiger partial charge is 0.327 e. The Bertz CT molecular complexity index is 218. The number of hydrogen-bond donors (Lipinski definition) is 3. The summed E-state index contributed by atoms with van der Waals surface area (Å²) in [5.74, 6) is -2.72. The monoisotopic (exact) mass is 236 g/mol. The van der Waals surface area contributed by atoms with Gasteiger partial charge in [-0.2, -0.15) is 0 Å². The van der Waals surface area contributed by atoms with Crippen LogP contribution < -0.4 is 0 Å². The summed E-state index contributed by atoms with van der Waals surface area (Å²) >= 11 is 0. The van der Waals surface area contributed by atoms with Gasteiger partial charge in [0.05, 0.1) is 0 Å². The van der Waals surface area contributed by atoms with Crippen LogP contribution in [0.5, 0.6) is 0 Å². The first-order chi connectivity index (χ1) is 6.90. The number of unbranched alkanes of at least 4 members (excludes halogenated alkanes) is 1. The van der Waals surface area contributed by atoms with Gasteiger partial charge in [-0.1, -0.05) is 6.58 Å². The van der Waals surface area contributed by atoms with E-state index in [-0.39, 0.29) is 18.3 Å². The molecule has 0 radical (unpaired) electrons. The van der Waals surface area contributed by atoms with E-state index in [0.29, 0.717) is 12.8 Å². The van der Waals surface area contributed by atoms with Gasteiger partial charge >= 0.3 is 17.9 Å². The highest BCUT2D eigenvalue weighted by Gasteiger charge is 1.99. The van der Waals surface area contributed by atoms with Crippen molar-refractivity contribution in [3.63, 3.8) is 0 Å². The molecule has 0 amide bonds. The van der Waals surface area contributed by atoms with Gasteiger partial charge in [0.25, 0.3) is 0 Å². The first-order valence-corrected chi connectivity index (χ1v) is 4.19. The minimum Gasteiger partial charge on any atom is -0.481 e. The molecular weight excluding hydrogens is 220 g/mol. The quantitative estimate of drug-likeness (QED) is 0.442. The van der Waals surface area contributed by atoms with Crippen molar-refractivity contribution in [3.8, 4) is 0 Å². The number of carboxylic acid groups (broad SMARTS) is 3. The fourth-order valence-corrected chi connectivity index (χ4v) is 0.552. The minimum atomic E-state index is -0.981. The molecule has 0 unspecified atom stereocenters. The molecule has 16 heavy (non-hydrogen) atoms. The van der Waals surface area contributed by atoms with E-state index >= 15 is 0 Å². The summed E-state index contributed by atoms with van der Waals surface area (Å²) in [6.07, 6.45) is 1.85. The van der Waals surface area contributed by atoms with Crippen molar-refractivity contribution in [2.75, 3.05) is 0 Å². The van der Waals surface area contributed by atoms with Crippen LogP contribution in [0.15, 0.2) is 12.7 Å². The SMILES string of the molecule is C=CC(=O)O.O.O=C(O)CCCCC(=O)O. The molecule has 0 aliphatic heterocycles. The summed E-state index contributed by atoms with van der Waals surface area (Å²) in [5, 5.41) is 23.9. The van der Waals surface area contributed by atoms with E-state index in [1.54, 1.807) is 0 Å². The maximum Gasteiger partial charge on any atom is 0.327 e. The van der Waals surface area contributed by atoms with Crippen molar-refractivity contribution in [1.82, 2.24) is 0 Å². The van der Waals surface area contributed by atoms with Gasteiger partial charge in [0.1, 0.15) is 0 Å². The number of hydrogen-bond acceptors (Lipinski definition) is 3. The largest absolute Gasteiger partial charge is 0.481 e. The summed E-state index contributed by atoms with van der Waals surface area (Å²) < 4.78 is 0. The Morgan fingerprint density at radius 3 is 1.31 bits per heavy atom. The second-order valence-electron chi connectivity index (χ2n) is 2.54. The molecule has 0 fully saturated rings. The lowest BCUT2D eigenvalue weighted by Gasteiger charge is -1.92. The molecule has 0 atom stereocenters. The van der Waals surface area contributed by atoms with E-state index in [4.69, 9.17) is 15.3 Å². The molecule has 0 saturated carbocycles. The number of rotatable bonds is 6. The molecular formula is C9H16O7. The lowest BCUT2D eigenvalue weighted by Crippen LogP contribution is -1.97. The van der Waals surface area contributed by atoms with Gasteiger partial charge < -0.3 is 20.8 Å². The van der Waals surface area contributed by atoms with Crippen molar-refractivity contribution in [3.05, 3.63) is 12.7 Å². The molecule has 0 aromatic heterocycles. The third kappa shape index (κ3) is 29.6. The maximum atomic E-state index is 9.90. The predicted octanol–water partition coefficient (Wildman–Crippen LogP) is 0.148. The van der Waals surface area contributed by atoms with Crippen molar-refractivity contribution in [2.45, 2.75) is 25.7 Å². The second kappa shape index (κ2) is 13.1. The van der Waals surface area contributed by atoms with Crippen LogP contribution in [0.4, 0.5) is 0 Å². The highest BCUT2D eigenvalue weighted by molar-refractivity contribution is 5.78. The number of carbonyl (C=O) groups is 3. The third-order valence-corrected chi connectivity index (χ3v) is 1.21. The highest BCUT2D eigenvalue weighted by Crippen LogP contribution is 1.98. The van der Waals surface area contributed by atoms with Crippen LogP contribution >= 0.6 is 0 Å². The average Bonchev–Trinajstić information content (AvgIpc) is 2.13. The average molecular weight is 236 g/mol. The van der Waals surface area contributed by atoms with E-state index < -0.39 is 17.9 Å². The molecule has 7 nitrogen and oxygen atoms in total. The summed E-state index contributed by atoms with van der Waals surface area (Å²) in [7, 11) is 0. The first kappa shape index (κ1) is 19.6. The van der Waals surface area contributed by atoms with Crippen molar-refractivity contribution in [1.29, 1.82) is 0 Å². The van der Waals surface area contributed by atoms with Gasteiger partial charge in [0.2, 0.25) is 0 Å². The number of carboxylic acids is 3. The summed E-state index contributed by atoms with van der Waals surface area (Å²) in [6, 6.07) is 0. The van der Waals surface area contributed by atoms with Crippen molar-refractivity contribution < 1.29 is 35.2 Å². The highest BCUT2D eigenvalue weighted by atomic mass is 16.4. The Morgan fingerprint density at radius 1 is 0.938 bits per heavy atom. The first-order valence-electron chi connectivity index (χ1n) is 4.19. The van der Waals surface area contributed by atoms with Gasteiger partial charge in [-0.15, -0.1) is 0 Å². The Balaban J connectivity index is -0.000000242. The zero-order valence-corrected chi connectivity index (χ0v) is 8.68. The Morgan fingerprint density at radius 2 is 1.19 bits per heavy atom. The van der Waals surface area contributed by atoms with Crippen LogP contribution in [0.1, 0.15) is 25.7 Å². The standard InChI is InChI=1S/C6H10O4.C3H4O2.H2O/c7-5(8)3-1-2-4-6(9)10;1-2-3(4)5;/h1-4H2,(H,7,8)(H,9,10);2H,1H2,(H,4,5);1H2. The Labute approximate surface area is 92.3 Å². The van der Waals surface area contributed by atoms with E-state index in [2.05, 4.69) is 6.58 Å². The fourth-order valence-electron chi connectivity index (χ4n) is 0.552. The molecule has 0 bridgehead atoms. The van der Waals surface area contributed by atoms with Crippen LogP contribution in [0, 0.1) is 0 Å². The van der Waals surface area contributed by atoms with Crippen LogP contribution in [-0.2, 0) is 14.4 Å². The molecule has 0 rings (SSSR count). The van der Waals surface area contributed by atoms with E-state index in [1.165, 1.54) is 0 Å². The topological polar surface area (TPSA) is 143 Å². The molecule has 0 spiro atoms. The summed E-state index contributed by atoms with van der Waals surface area (Å²) in [4.78, 5) is 29.0. The normalized spacial score (nSPS) is 7.75. The maximum absolute atomic E-state index is 9.90. The third-order valence-electron chi connectivity index (χ3n) is 1.21. The van der Waals surface area contributed by atoms with Crippen LogP contribution in [0.2, 0.25) is 0 Å². The molecule has 0 heterocycles. The van der Waals surface area contributed by atoms with Gasteiger partial charge in [0.15, 0.2) is 0 Å². The molecule has 7 heteroatoms. The van der Waals surface area contributed by atoms with Crippen LogP contribution in [0.3, 0.4) is 0 Å². The number of aliphatic carboxylic acids is 3. The second-order valence-corrected chi connectivity index (χ2v) is 2.54. The molecule has 5 N–H and O–H groups in total. The Kier molecular flexibility index (Phi) is 16.1. The summed E-state index contributed by atoms with van der Waals surface area (Å²) in [6.45, 7) is 2.96. The van der Waals surface area contributed by atoms with Gasteiger partial charge in [0, 0.05) is 18.9 Å². The zero-order chi connectivity index (χ0) is 12.3. The van der Waals surface area contributed by atoms with E-state index in [0.717, 1.165) is 6.08 Å². The van der Waals surface area contributed by atoms with Crippen LogP contribution in [-0.4, -0.2) is 38.7 Å². The van der Waals surface area contributed by atoms with Crippen molar-refractivity contribution in [2.24, 2.45) is 0 Å². The molecule has 0 saturated heterocycles. The predicted molar refractivity (Wildman–Crippen MR) is 55.2 cm³/mol. The fraction of sp³-hybridized carbons (Fsp3) is 0.444. The molecule has 0 aliphatic carbocycles. The van der Waals surface area contributed by atoms with Crippen molar-refractivity contribution >= 4 is 17.9 Å². The van der Waals surface area contributed by atoms with Gasteiger partial charge in [-0.05, 0) is 12.8 Å². The minimum absolute atomic E-state index is 0. The molecule has 0 aliphatic rings. The lowest BCUT2D eigenvalue weighted by atomic mass is 10.2. The van der Waals surface area contributed by atoms with Gasteiger partial charge in [-0.25, -0.2) is 4.79 Å². The lowest BCUT2D eigenvalue weighted by molar-refractivity contribution is -0.139. The van der Waals surface area contributed by atoms with E-state index in [9.17, 15) is 14.4 Å². The molecule has 94 valence electrons. The Hall–Kier alpha value is -1.89. The zero-order valence-electron chi connectivity index (χ0n) is 8.68. The molecule has 0 aromatic rings. The van der Waals surface area contributed by atoms with Crippen LogP contribution in [0.25, 0.3) is 0 Å². The summed E-state index contributed by atoms with van der Waals surface area (Å²) in [5.41, 5.74) is 0. The van der Waals surface area contributed by atoms with E-state index in [1.807, 2.05) is 0 Å². The molecule has 0 aromatic carbocycles.